The van der Waals surface area contributed by atoms with E-state index in [9.17, 15) is 18.0 Å². The Morgan fingerprint density at radius 1 is 1.21 bits per heavy atom. The van der Waals surface area contributed by atoms with E-state index in [1.165, 1.54) is 18.2 Å². The Morgan fingerprint density at radius 2 is 2.04 bits per heavy atom. The van der Waals surface area contributed by atoms with Crippen LogP contribution in [0.1, 0.15) is 24.7 Å². The molecule has 9 heteroatoms. The topological polar surface area (TPSA) is 70.2 Å². The van der Waals surface area contributed by atoms with Crippen LogP contribution < -0.4 is 10.1 Å². The van der Waals surface area contributed by atoms with Gasteiger partial charge in [0.05, 0.1) is 17.1 Å². The number of urea groups is 1. The molecule has 0 aliphatic carbocycles. The number of nitrogens with zero attached hydrogens (tertiary/aromatic N) is 2. The van der Waals surface area contributed by atoms with E-state index in [1.54, 1.807) is 4.90 Å². The number of ether oxygens (including phenoxy) is 1. The van der Waals surface area contributed by atoms with E-state index in [4.69, 9.17) is 0 Å². The second kappa shape index (κ2) is 7.06. The lowest BCUT2D eigenvalue weighted by Crippen LogP contribution is -2.34. The fraction of sp³-hybridized carbons (Fsp3) is 0.263. The first kappa shape index (κ1) is 18.1. The third-order valence-corrected chi connectivity index (χ3v) is 4.56. The highest BCUT2D eigenvalue weighted by atomic mass is 19.4. The highest BCUT2D eigenvalue weighted by Crippen LogP contribution is 2.32. The summed E-state index contributed by atoms with van der Waals surface area (Å²) in [5.41, 5.74) is 1.94. The van der Waals surface area contributed by atoms with Crippen LogP contribution in [-0.2, 0) is 0 Å². The smallest absolute Gasteiger partial charge is 0.406 e. The average Bonchev–Trinajstić information content (AvgIpc) is 3.27. The zero-order chi connectivity index (χ0) is 19.7. The molecule has 28 heavy (non-hydrogen) atoms. The van der Waals surface area contributed by atoms with Crippen LogP contribution in [0.25, 0.3) is 11.0 Å². The standard InChI is InChI=1S/C19H17F3N4O2/c20-19(21,22)28-13-6-3-5-12(11-13)23-18(27)26-10-4-9-16(26)17-24-14-7-1-2-8-15(14)25-17/h1-3,5-8,11,16H,4,9-10H2,(H,23,27)(H,24,25). The molecule has 4 rings (SSSR count). The third-order valence-electron chi connectivity index (χ3n) is 4.56. The van der Waals surface area contributed by atoms with Crippen molar-refractivity contribution in [1.29, 1.82) is 0 Å². The normalized spacial score (nSPS) is 17.1. The number of hydrogen-bond acceptors (Lipinski definition) is 3. The van der Waals surface area contributed by atoms with E-state index in [-0.39, 0.29) is 17.5 Å². The van der Waals surface area contributed by atoms with E-state index in [2.05, 4.69) is 20.0 Å². The van der Waals surface area contributed by atoms with Gasteiger partial charge in [-0.25, -0.2) is 9.78 Å². The van der Waals surface area contributed by atoms with Crippen LogP contribution in [0, 0.1) is 0 Å². The Morgan fingerprint density at radius 3 is 2.82 bits per heavy atom. The molecular weight excluding hydrogens is 373 g/mol. The number of H-pyrrole nitrogens is 1. The summed E-state index contributed by atoms with van der Waals surface area (Å²) < 4.78 is 41.0. The molecule has 6 nitrogen and oxygen atoms in total. The zero-order valence-corrected chi connectivity index (χ0v) is 14.7. The molecule has 1 saturated heterocycles. The number of benzene rings is 2. The maximum Gasteiger partial charge on any atom is 0.573 e. The van der Waals surface area contributed by atoms with Crippen LogP contribution in [-0.4, -0.2) is 33.8 Å². The van der Waals surface area contributed by atoms with Crippen molar-refractivity contribution in [3.05, 3.63) is 54.4 Å². The largest absolute Gasteiger partial charge is 0.573 e. The predicted octanol–water partition coefficient (Wildman–Crippen LogP) is 4.83. The van der Waals surface area contributed by atoms with Crippen molar-refractivity contribution in [1.82, 2.24) is 14.9 Å². The number of para-hydroxylation sites is 2. The van der Waals surface area contributed by atoms with E-state index in [1.807, 2.05) is 24.3 Å². The molecule has 3 aromatic rings. The predicted molar refractivity (Wildman–Crippen MR) is 96.9 cm³/mol. The van der Waals surface area contributed by atoms with Crippen molar-refractivity contribution in [3.8, 4) is 5.75 Å². The van der Waals surface area contributed by atoms with Crippen LogP contribution in [0.4, 0.5) is 23.7 Å². The molecule has 2 amide bonds. The number of nitrogens with one attached hydrogen (secondary N) is 2. The summed E-state index contributed by atoms with van der Waals surface area (Å²) in [5.74, 6) is 0.309. The summed E-state index contributed by atoms with van der Waals surface area (Å²) >= 11 is 0. The lowest BCUT2D eigenvalue weighted by molar-refractivity contribution is -0.274. The summed E-state index contributed by atoms with van der Waals surface area (Å²) in [6.45, 7) is 0.534. The van der Waals surface area contributed by atoms with Gasteiger partial charge in [0, 0.05) is 18.3 Å². The molecule has 146 valence electrons. The number of carbonyl (C=O) groups excluding carboxylic acids is 1. The van der Waals surface area contributed by atoms with Crippen LogP contribution in [0.2, 0.25) is 0 Å². The number of rotatable bonds is 3. The number of alkyl halides is 3. The van der Waals surface area contributed by atoms with Gasteiger partial charge in [-0.3, -0.25) is 0 Å². The number of hydrogen-bond donors (Lipinski definition) is 2. The zero-order valence-electron chi connectivity index (χ0n) is 14.7. The number of imidazole rings is 1. The first-order chi connectivity index (χ1) is 13.4. The minimum absolute atomic E-state index is 0.220. The van der Waals surface area contributed by atoms with Crippen LogP contribution in [0.5, 0.6) is 5.75 Å². The molecule has 0 saturated carbocycles. The van der Waals surface area contributed by atoms with Gasteiger partial charge in [0.15, 0.2) is 0 Å². The van der Waals surface area contributed by atoms with Gasteiger partial charge >= 0.3 is 12.4 Å². The summed E-state index contributed by atoms with van der Waals surface area (Å²) in [6, 6.07) is 12.2. The van der Waals surface area contributed by atoms with Crippen molar-refractivity contribution in [2.24, 2.45) is 0 Å². The number of amides is 2. The van der Waals surface area contributed by atoms with Crippen molar-refractivity contribution in [2.75, 3.05) is 11.9 Å². The molecule has 2 N–H and O–H groups in total. The highest BCUT2D eigenvalue weighted by molar-refractivity contribution is 5.90. The molecule has 0 spiro atoms. The third kappa shape index (κ3) is 3.88. The highest BCUT2D eigenvalue weighted by Gasteiger charge is 2.33. The van der Waals surface area contributed by atoms with Crippen molar-refractivity contribution >= 4 is 22.8 Å². The quantitative estimate of drug-likeness (QED) is 0.673. The van der Waals surface area contributed by atoms with Crippen LogP contribution in [0.15, 0.2) is 48.5 Å². The molecule has 1 unspecified atom stereocenters. The number of likely N-dealkylation sites (tertiary alicyclic amines) is 1. The number of aromatic amines is 1. The second-order valence-electron chi connectivity index (χ2n) is 6.50. The van der Waals surface area contributed by atoms with E-state index in [0.29, 0.717) is 12.4 Å². The summed E-state index contributed by atoms with van der Waals surface area (Å²) in [6.07, 6.45) is -3.22. The molecule has 1 aliphatic rings. The van der Waals surface area contributed by atoms with Crippen LogP contribution >= 0.6 is 0 Å². The molecule has 1 atom stereocenters. The molecule has 1 aliphatic heterocycles. The van der Waals surface area contributed by atoms with Crippen molar-refractivity contribution < 1.29 is 22.7 Å². The van der Waals surface area contributed by atoms with Gasteiger partial charge in [-0.1, -0.05) is 18.2 Å². The van der Waals surface area contributed by atoms with Crippen molar-refractivity contribution in [2.45, 2.75) is 25.2 Å². The molecule has 0 radical (unpaired) electrons. The monoisotopic (exact) mass is 390 g/mol. The summed E-state index contributed by atoms with van der Waals surface area (Å²) in [4.78, 5) is 22.2. The lowest BCUT2D eigenvalue weighted by atomic mass is 10.2. The van der Waals surface area contributed by atoms with E-state index >= 15 is 0 Å². The Kier molecular flexibility index (Phi) is 4.58. The van der Waals surface area contributed by atoms with Crippen molar-refractivity contribution in [3.63, 3.8) is 0 Å². The number of halogens is 3. The Labute approximate surface area is 158 Å². The second-order valence-corrected chi connectivity index (χ2v) is 6.50. The fourth-order valence-electron chi connectivity index (χ4n) is 3.39. The SMILES string of the molecule is O=C(Nc1cccc(OC(F)(F)F)c1)N1CCCC1c1nc2ccccc2[nH]1. The van der Waals surface area contributed by atoms with Gasteiger partial charge in [-0.15, -0.1) is 13.2 Å². The van der Waals surface area contributed by atoms with Gasteiger partial charge < -0.3 is 19.9 Å². The van der Waals surface area contributed by atoms with Gasteiger partial charge in [-0.2, -0.15) is 0 Å². The first-order valence-electron chi connectivity index (χ1n) is 8.77. The average molecular weight is 390 g/mol. The minimum Gasteiger partial charge on any atom is -0.406 e. The van der Waals surface area contributed by atoms with Gasteiger partial charge in [-0.05, 0) is 37.1 Å². The lowest BCUT2D eigenvalue weighted by Gasteiger charge is -2.23. The van der Waals surface area contributed by atoms with E-state index in [0.717, 1.165) is 29.9 Å². The maximum absolute atomic E-state index is 12.7. The Balaban J connectivity index is 1.50. The van der Waals surface area contributed by atoms with E-state index < -0.39 is 12.4 Å². The number of anilines is 1. The molecule has 1 aromatic heterocycles. The van der Waals surface area contributed by atoms with Gasteiger partial charge in [0.2, 0.25) is 0 Å². The van der Waals surface area contributed by atoms with Gasteiger partial charge in [0.25, 0.3) is 0 Å². The molecule has 2 aromatic carbocycles. The minimum atomic E-state index is -4.79. The number of aromatic nitrogens is 2. The Hall–Kier alpha value is -3.23. The molecule has 0 bridgehead atoms. The number of fused-ring (bicyclic) bond motifs is 1. The van der Waals surface area contributed by atoms with Crippen LogP contribution in [0.3, 0.4) is 0 Å². The Bertz CT molecular complexity index is 969. The molecular formula is C19H17F3N4O2. The fourth-order valence-corrected chi connectivity index (χ4v) is 3.39. The first-order valence-corrected chi connectivity index (χ1v) is 8.77. The number of carbonyl (C=O) groups is 1. The summed E-state index contributed by atoms with van der Waals surface area (Å²) in [5, 5.41) is 2.64. The summed E-state index contributed by atoms with van der Waals surface area (Å²) in [7, 11) is 0. The molecule has 1 fully saturated rings. The molecule has 2 heterocycles. The maximum atomic E-state index is 12.7. The van der Waals surface area contributed by atoms with Gasteiger partial charge in [0.1, 0.15) is 11.6 Å².